The smallest absolute Gasteiger partial charge is 0.246 e. The molecular weight excluding hydrogens is 1870 g/mol. The standard InChI is InChI=1S/C28H35N5O2S.C27H33N5O3S.C26H34N6O2S.C25H32N6O3S/c1-18(29-2)26(34)32-25(19-9-4-3-5-10-19)28(35)33-16-8-13-24(33)27-31-23(17-36-27)21-14-15-30-22-12-7-6-11-20(21)22;1-17(28-2)25(33)31-23(19-10-14-35-15-11-19)27(34)32-13-5-8-22(32)26-30-21(16-36-26)24-20-7-4-3-6-18(20)9-12-29-24;1-17(27-2)24(33)30-23(18-9-4-3-5-10-18)26(34)31-13-8-12-22(31)25-29-20(16-35-25)19-15-28-32-14-7-6-11-21(19)32;1-16(26-2)23(32)29-22(17-8-12-34-13-9-17)25(33)30-10-5-7-21(30)24-28-19(15-35-24)18-14-27-31-11-4-3-6-20(18)31/h6-7,11-12,14-15,17-19,24-25,29H,3-5,8-10,13,16H2,1-2H3,(H,32,34);3-4,6-7,9,12,16-17,19,22-23,28H,5,8,10-11,13-15H2,1-2H3,(H,31,33);6-7,11,14-18,22-23,27H,3-5,8-10,12-13H2,1-2H3,(H,30,33);3-4,6,11,14-17,21-22,26H,5,7-10,12-13H2,1-2H3,(H,29,32)/t18-,24-,25-;2*17-,22-,23-;16-,21-,22-/m0000/s1. The van der Waals surface area contributed by atoms with E-state index in [1.807, 2.05) is 169 Å². The molecule has 36 heteroatoms. The summed E-state index contributed by atoms with van der Waals surface area (Å²) in [5, 5.41) is 48.4. The molecule has 142 heavy (non-hydrogen) atoms. The second-order valence-corrected chi connectivity index (χ2v) is 42.2. The van der Waals surface area contributed by atoms with Crippen molar-refractivity contribution in [1.82, 2.24) is 111 Å². The van der Waals surface area contributed by atoms with Gasteiger partial charge in [0, 0.05) is 126 Å². The molecule has 8 amide bonds. The molecule has 16 heterocycles. The molecule has 20 rings (SSSR count). The molecule has 0 unspecified atom stereocenters. The molecule has 6 saturated heterocycles. The summed E-state index contributed by atoms with van der Waals surface area (Å²) >= 11 is 6.39. The number of amides is 8. The summed E-state index contributed by atoms with van der Waals surface area (Å²) in [6.07, 6.45) is 32.3. The predicted octanol–water partition coefficient (Wildman–Crippen LogP) is 14.7. The van der Waals surface area contributed by atoms with Crippen LogP contribution in [0, 0.1) is 23.7 Å². The highest BCUT2D eigenvalue weighted by atomic mass is 32.1. The summed E-state index contributed by atoms with van der Waals surface area (Å²) in [7, 11) is 7.03. The van der Waals surface area contributed by atoms with Crippen LogP contribution in [0.2, 0.25) is 0 Å². The van der Waals surface area contributed by atoms with Gasteiger partial charge in [0.1, 0.15) is 49.9 Å². The number of hydrogen-bond acceptors (Lipinski definition) is 26. The first-order valence-corrected chi connectivity index (χ1v) is 54.4. The number of carbonyl (C=O) groups is 8. The van der Waals surface area contributed by atoms with E-state index in [1.54, 1.807) is 87.4 Å². The summed E-state index contributed by atoms with van der Waals surface area (Å²) in [6, 6.07) is 28.5. The van der Waals surface area contributed by atoms with Crippen molar-refractivity contribution in [2.75, 3.05) is 80.8 Å². The molecule has 6 aliphatic heterocycles. The lowest BCUT2D eigenvalue weighted by Gasteiger charge is -2.35. The van der Waals surface area contributed by atoms with Gasteiger partial charge in [0.05, 0.1) is 100 Å². The highest BCUT2D eigenvalue weighted by Crippen LogP contribution is 2.45. The second kappa shape index (κ2) is 48.4. The zero-order chi connectivity index (χ0) is 98.9. The number of fused-ring (bicyclic) bond motifs is 4. The van der Waals surface area contributed by atoms with Crippen molar-refractivity contribution < 1.29 is 47.8 Å². The minimum Gasteiger partial charge on any atom is -0.381 e. The number of carbonyl (C=O) groups excluding carboxylic acids is 8. The van der Waals surface area contributed by atoms with Crippen molar-refractivity contribution in [3.63, 3.8) is 0 Å². The molecule has 0 spiro atoms. The number of ether oxygens (including phenoxy) is 2. The number of hydrogen-bond donors (Lipinski definition) is 8. The van der Waals surface area contributed by atoms with Crippen LogP contribution in [0.3, 0.4) is 0 Å². The normalized spacial score (nSPS) is 20.6. The van der Waals surface area contributed by atoms with Crippen molar-refractivity contribution in [3.8, 4) is 45.2 Å². The number of rotatable bonds is 28. The van der Waals surface area contributed by atoms with Crippen LogP contribution >= 0.6 is 45.3 Å². The first-order valence-electron chi connectivity index (χ1n) is 50.9. The molecule has 752 valence electrons. The summed E-state index contributed by atoms with van der Waals surface area (Å²) in [5.41, 5.74) is 10.4. The predicted molar refractivity (Wildman–Crippen MR) is 555 cm³/mol. The van der Waals surface area contributed by atoms with E-state index in [9.17, 15) is 38.4 Å². The number of thiazole rings is 4. The fraction of sp³-hybridized carbons (Fsp3) is 0.509. The van der Waals surface area contributed by atoms with Gasteiger partial charge in [0.25, 0.3) is 0 Å². The van der Waals surface area contributed by atoms with Gasteiger partial charge in [-0.1, -0.05) is 93.1 Å². The van der Waals surface area contributed by atoms with Crippen LogP contribution in [0.5, 0.6) is 0 Å². The zero-order valence-electron chi connectivity index (χ0n) is 82.4. The fourth-order valence-electron chi connectivity index (χ4n) is 21.2. The number of likely N-dealkylation sites (N-methyl/N-ethyl adjacent to an activating group) is 4. The number of nitrogens with zero attached hydrogens (tertiary/aromatic N) is 14. The maximum absolute atomic E-state index is 14.0. The quantitative estimate of drug-likeness (QED) is 0.0226. The maximum atomic E-state index is 14.0. The first kappa shape index (κ1) is 102. The van der Waals surface area contributed by atoms with Gasteiger partial charge in [-0.25, -0.2) is 29.0 Å². The van der Waals surface area contributed by atoms with Gasteiger partial charge in [-0.15, -0.1) is 45.3 Å². The third-order valence-corrected chi connectivity index (χ3v) is 33.7. The average Bonchev–Trinajstić information content (AvgIpc) is 1.64. The Balaban J connectivity index is 0.000000130. The molecule has 2 aliphatic carbocycles. The van der Waals surface area contributed by atoms with E-state index in [4.69, 9.17) is 29.4 Å². The van der Waals surface area contributed by atoms with Crippen LogP contribution in [0.25, 0.3) is 77.9 Å². The second-order valence-electron chi connectivity index (χ2n) is 38.7. The summed E-state index contributed by atoms with van der Waals surface area (Å²) in [5.74, 6) is 0.0420. The third kappa shape index (κ3) is 23.5. The minimum absolute atomic E-state index is 0.0104. The molecule has 2 saturated carbocycles. The number of likely N-dealkylation sites (tertiary alicyclic amines) is 4. The highest BCUT2D eigenvalue weighted by molar-refractivity contribution is 7.11. The van der Waals surface area contributed by atoms with Crippen LogP contribution in [0.1, 0.15) is 213 Å². The van der Waals surface area contributed by atoms with Crippen LogP contribution < -0.4 is 42.5 Å². The number of aromatic nitrogens is 10. The average molecular weight is 2000 g/mol. The first-order chi connectivity index (χ1) is 69.3. The van der Waals surface area contributed by atoms with Crippen LogP contribution in [0.4, 0.5) is 0 Å². The molecule has 8 N–H and O–H groups in total. The Morgan fingerprint density at radius 1 is 0.345 bits per heavy atom. The van der Waals surface area contributed by atoms with Crippen molar-refractivity contribution in [2.45, 2.75) is 241 Å². The minimum atomic E-state index is -0.558. The molecule has 12 atom stereocenters. The highest BCUT2D eigenvalue weighted by Gasteiger charge is 2.46. The molecule has 10 aromatic heterocycles. The van der Waals surface area contributed by atoms with Gasteiger partial charge < -0.3 is 71.6 Å². The van der Waals surface area contributed by atoms with E-state index in [-0.39, 0.29) is 119 Å². The van der Waals surface area contributed by atoms with Gasteiger partial charge in [-0.05, 0) is 230 Å². The summed E-state index contributed by atoms with van der Waals surface area (Å²) in [6.45, 7) is 12.5. The van der Waals surface area contributed by atoms with Crippen LogP contribution in [-0.4, -0.2) is 245 Å². The van der Waals surface area contributed by atoms with E-state index in [0.29, 0.717) is 52.6 Å². The van der Waals surface area contributed by atoms with Crippen LogP contribution in [0.15, 0.2) is 156 Å². The van der Waals surface area contributed by atoms with Crippen molar-refractivity contribution in [3.05, 3.63) is 176 Å². The summed E-state index contributed by atoms with van der Waals surface area (Å²) < 4.78 is 14.7. The zero-order valence-corrected chi connectivity index (χ0v) is 85.7. The largest absolute Gasteiger partial charge is 0.381 e. The monoisotopic (exact) mass is 2000 g/mol. The molecule has 8 aliphatic rings. The van der Waals surface area contributed by atoms with E-state index >= 15 is 0 Å². The fourth-order valence-corrected chi connectivity index (χ4v) is 25.1. The lowest BCUT2D eigenvalue weighted by Crippen LogP contribution is -2.56. The lowest BCUT2D eigenvalue weighted by molar-refractivity contribution is -0.140. The Bertz CT molecular complexity index is 5930. The molecule has 8 fully saturated rings. The van der Waals surface area contributed by atoms with Gasteiger partial charge in [0.2, 0.25) is 47.3 Å². The van der Waals surface area contributed by atoms with E-state index in [0.717, 1.165) is 226 Å². The van der Waals surface area contributed by atoms with Gasteiger partial charge >= 0.3 is 0 Å². The molecule has 0 radical (unpaired) electrons. The van der Waals surface area contributed by atoms with Gasteiger partial charge in [0.15, 0.2) is 0 Å². The molecule has 32 nitrogen and oxygen atoms in total. The van der Waals surface area contributed by atoms with Crippen molar-refractivity contribution in [2.24, 2.45) is 23.7 Å². The van der Waals surface area contributed by atoms with Crippen molar-refractivity contribution >= 4 is 125 Å². The maximum Gasteiger partial charge on any atom is 0.246 e. The van der Waals surface area contributed by atoms with E-state index in [2.05, 4.69) is 91.7 Å². The molecule has 2 aromatic carbocycles. The molecule has 12 aromatic rings. The Labute approximate surface area is 845 Å². The Kier molecular flexibility index (Phi) is 34.8. The molecule has 0 bridgehead atoms. The van der Waals surface area contributed by atoms with Gasteiger partial charge in [-0.2, -0.15) is 10.2 Å². The number of pyridine rings is 4. The topological polar surface area (TPSA) is 376 Å². The Hall–Kier alpha value is -11.3. The Morgan fingerprint density at radius 2 is 0.676 bits per heavy atom. The molecular formula is C106H134N22O10S4. The summed E-state index contributed by atoms with van der Waals surface area (Å²) in [4.78, 5) is 144. The van der Waals surface area contributed by atoms with Crippen LogP contribution in [-0.2, 0) is 47.8 Å². The third-order valence-electron chi connectivity index (χ3n) is 29.9. The van der Waals surface area contributed by atoms with E-state index in [1.165, 1.54) is 12.8 Å². The van der Waals surface area contributed by atoms with Crippen molar-refractivity contribution in [1.29, 1.82) is 0 Å². The lowest BCUT2D eigenvalue weighted by atomic mass is 9.83. The number of para-hydroxylation sites is 1. The number of nitrogens with one attached hydrogen (secondary N) is 8. The number of benzene rings is 2. The van der Waals surface area contributed by atoms with E-state index < -0.39 is 24.2 Å². The van der Waals surface area contributed by atoms with Gasteiger partial charge in [-0.3, -0.25) is 48.3 Å². The SMILES string of the molecule is CN[C@@H](C)C(=O)N[C@H](C(=O)N1CCC[C@H]1c1nc(-c2ccnc3ccccc23)cs1)C1CCCCC1.CN[C@@H](C)C(=O)N[C@H](C(=O)N1CCC[C@H]1c1nc(-c2cnn3ccccc23)cs1)C1CCCCC1.CN[C@@H](C)C(=O)N[C@H](C(=O)N1CCC[C@H]1c1nc(-c2cnn3ccccc23)cs1)C1CCOCC1.CN[C@@H](C)C(=O)N[C@H](C(=O)N1CCC[C@H]1c1nc(-c2nccc3ccccc23)cs1)C1CCOCC1. The Morgan fingerprint density at radius 3 is 1.06 bits per heavy atom.